The van der Waals surface area contributed by atoms with E-state index < -0.39 is 0 Å². The standard InChI is InChI=1S/C12H23NO2/c1-2-12(10-15-5-1)9-13-8-11-3-6-14-7-4-11/h11-13H,1-10H2. The highest BCUT2D eigenvalue weighted by molar-refractivity contribution is 4.70. The summed E-state index contributed by atoms with van der Waals surface area (Å²) < 4.78 is 10.8. The summed E-state index contributed by atoms with van der Waals surface area (Å²) in [6.07, 6.45) is 5.03. The minimum absolute atomic E-state index is 0.749. The summed E-state index contributed by atoms with van der Waals surface area (Å²) in [6.45, 7) is 6.15. The smallest absolute Gasteiger partial charge is 0.0506 e. The number of nitrogens with one attached hydrogen (secondary N) is 1. The first-order valence-electron chi connectivity index (χ1n) is 6.31. The predicted molar refractivity (Wildman–Crippen MR) is 60.0 cm³/mol. The molecule has 88 valence electrons. The molecule has 3 heteroatoms. The zero-order chi connectivity index (χ0) is 10.3. The van der Waals surface area contributed by atoms with Crippen LogP contribution in [-0.2, 0) is 9.47 Å². The number of hydrogen-bond donors (Lipinski definition) is 1. The summed E-state index contributed by atoms with van der Waals surface area (Å²) in [5.74, 6) is 1.59. The van der Waals surface area contributed by atoms with Crippen molar-refractivity contribution < 1.29 is 9.47 Å². The maximum absolute atomic E-state index is 5.46. The van der Waals surface area contributed by atoms with Gasteiger partial charge in [0.2, 0.25) is 0 Å². The Kier molecular flexibility index (Phi) is 4.90. The van der Waals surface area contributed by atoms with Crippen LogP contribution in [0, 0.1) is 11.8 Å². The molecule has 2 heterocycles. The molecule has 0 spiro atoms. The Labute approximate surface area is 92.5 Å². The maximum Gasteiger partial charge on any atom is 0.0506 e. The minimum atomic E-state index is 0.749. The Hall–Kier alpha value is -0.120. The second-order valence-electron chi connectivity index (χ2n) is 4.80. The molecule has 0 aliphatic carbocycles. The van der Waals surface area contributed by atoms with E-state index in [-0.39, 0.29) is 0 Å². The average molecular weight is 213 g/mol. The van der Waals surface area contributed by atoms with Gasteiger partial charge in [-0.05, 0) is 44.1 Å². The van der Waals surface area contributed by atoms with Crippen LogP contribution in [-0.4, -0.2) is 39.5 Å². The second-order valence-corrected chi connectivity index (χ2v) is 4.80. The van der Waals surface area contributed by atoms with Gasteiger partial charge in [-0.1, -0.05) is 0 Å². The molecule has 2 rings (SSSR count). The molecule has 0 radical (unpaired) electrons. The molecule has 1 atom stereocenters. The lowest BCUT2D eigenvalue weighted by Gasteiger charge is -2.25. The molecule has 1 N–H and O–H groups in total. The van der Waals surface area contributed by atoms with Crippen molar-refractivity contribution in [1.82, 2.24) is 5.32 Å². The highest BCUT2D eigenvalue weighted by Gasteiger charge is 2.16. The first-order valence-corrected chi connectivity index (χ1v) is 6.31. The Morgan fingerprint density at radius 1 is 0.867 bits per heavy atom. The van der Waals surface area contributed by atoms with E-state index in [0.717, 1.165) is 44.8 Å². The minimum Gasteiger partial charge on any atom is -0.381 e. The Bertz CT molecular complexity index is 145. The molecule has 2 saturated heterocycles. The van der Waals surface area contributed by atoms with Gasteiger partial charge >= 0.3 is 0 Å². The Morgan fingerprint density at radius 3 is 2.40 bits per heavy atom. The fourth-order valence-corrected chi connectivity index (χ4v) is 2.41. The Balaban J connectivity index is 1.53. The molecule has 3 nitrogen and oxygen atoms in total. The number of ether oxygens (including phenoxy) is 2. The highest BCUT2D eigenvalue weighted by Crippen LogP contribution is 2.15. The molecule has 2 aliphatic rings. The molecule has 0 aromatic heterocycles. The van der Waals surface area contributed by atoms with Gasteiger partial charge in [0, 0.05) is 26.4 Å². The molecule has 0 saturated carbocycles. The van der Waals surface area contributed by atoms with Gasteiger partial charge in [0.25, 0.3) is 0 Å². The fraction of sp³-hybridized carbons (Fsp3) is 1.00. The van der Waals surface area contributed by atoms with Crippen LogP contribution >= 0.6 is 0 Å². The number of hydrogen-bond acceptors (Lipinski definition) is 3. The topological polar surface area (TPSA) is 30.5 Å². The van der Waals surface area contributed by atoms with E-state index in [1.807, 2.05) is 0 Å². The lowest BCUT2D eigenvalue weighted by Crippen LogP contribution is -2.33. The van der Waals surface area contributed by atoms with Gasteiger partial charge in [0.05, 0.1) is 6.61 Å². The molecule has 15 heavy (non-hydrogen) atoms. The van der Waals surface area contributed by atoms with Gasteiger partial charge in [-0.25, -0.2) is 0 Å². The zero-order valence-corrected chi connectivity index (χ0v) is 9.54. The third-order valence-electron chi connectivity index (χ3n) is 3.46. The molecule has 0 bridgehead atoms. The van der Waals surface area contributed by atoms with Gasteiger partial charge in [-0.2, -0.15) is 0 Å². The van der Waals surface area contributed by atoms with Crippen molar-refractivity contribution in [1.29, 1.82) is 0 Å². The van der Waals surface area contributed by atoms with Crippen LogP contribution in [0.25, 0.3) is 0 Å². The molecule has 2 aliphatic heterocycles. The van der Waals surface area contributed by atoms with Crippen molar-refractivity contribution in [3.05, 3.63) is 0 Å². The molecular weight excluding hydrogens is 190 g/mol. The van der Waals surface area contributed by atoms with E-state index >= 15 is 0 Å². The SMILES string of the molecule is C1COCC(CNCC2CCOCC2)C1. The van der Waals surface area contributed by atoms with Crippen LogP contribution in [0.15, 0.2) is 0 Å². The van der Waals surface area contributed by atoms with Crippen LogP contribution in [0.3, 0.4) is 0 Å². The van der Waals surface area contributed by atoms with Crippen LogP contribution in [0.4, 0.5) is 0 Å². The fourth-order valence-electron chi connectivity index (χ4n) is 2.41. The predicted octanol–water partition coefficient (Wildman–Crippen LogP) is 1.43. The summed E-state index contributed by atoms with van der Waals surface area (Å²) in [6, 6.07) is 0. The van der Waals surface area contributed by atoms with Crippen molar-refractivity contribution in [2.45, 2.75) is 25.7 Å². The molecule has 2 fully saturated rings. The van der Waals surface area contributed by atoms with Crippen LogP contribution in [0.1, 0.15) is 25.7 Å². The maximum atomic E-state index is 5.46. The molecule has 0 aromatic carbocycles. The van der Waals surface area contributed by atoms with E-state index in [1.165, 1.54) is 32.2 Å². The van der Waals surface area contributed by atoms with Crippen molar-refractivity contribution >= 4 is 0 Å². The van der Waals surface area contributed by atoms with E-state index in [9.17, 15) is 0 Å². The lowest BCUT2D eigenvalue weighted by atomic mass is 9.99. The van der Waals surface area contributed by atoms with Gasteiger partial charge in [0.1, 0.15) is 0 Å². The summed E-state index contributed by atoms with van der Waals surface area (Å²) in [5.41, 5.74) is 0. The van der Waals surface area contributed by atoms with Gasteiger partial charge in [-0.3, -0.25) is 0 Å². The normalized spacial score (nSPS) is 29.2. The van der Waals surface area contributed by atoms with E-state index in [4.69, 9.17) is 9.47 Å². The van der Waals surface area contributed by atoms with Gasteiger partial charge in [0.15, 0.2) is 0 Å². The van der Waals surface area contributed by atoms with Crippen molar-refractivity contribution in [2.75, 3.05) is 39.5 Å². The van der Waals surface area contributed by atoms with E-state index in [0.29, 0.717) is 0 Å². The van der Waals surface area contributed by atoms with Crippen LogP contribution in [0.2, 0.25) is 0 Å². The first-order chi connectivity index (χ1) is 7.45. The van der Waals surface area contributed by atoms with Crippen LogP contribution < -0.4 is 5.32 Å². The highest BCUT2D eigenvalue weighted by atomic mass is 16.5. The molecule has 0 aromatic rings. The van der Waals surface area contributed by atoms with Gasteiger partial charge < -0.3 is 14.8 Å². The summed E-state index contributed by atoms with van der Waals surface area (Å²) in [4.78, 5) is 0. The third kappa shape index (κ3) is 4.09. The lowest BCUT2D eigenvalue weighted by molar-refractivity contribution is 0.0502. The summed E-state index contributed by atoms with van der Waals surface area (Å²) in [7, 11) is 0. The second kappa shape index (κ2) is 6.46. The van der Waals surface area contributed by atoms with Crippen LogP contribution in [0.5, 0.6) is 0 Å². The monoisotopic (exact) mass is 213 g/mol. The molecule has 1 unspecified atom stereocenters. The summed E-state index contributed by atoms with van der Waals surface area (Å²) in [5, 5.41) is 3.59. The first kappa shape index (κ1) is 11.4. The quantitative estimate of drug-likeness (QED) is 0.766. The van der Waals surface area contributed by atoms with Gasteiger partial charge in [-0.15, -0.1) is 0 Å². The molecular formula is C12H23NO2. The van der Waals surface area contributed by atoms with Crippen molar-refractivity contribution in [3.63, 3.8) is 0 Å². The average Bonchev–Trinajstić information content (AvgIpc) is 2.32. The van der Waals surface area contributed by atoms with E-state index in [2.05, 4.69) is 5.32 Å². The third-order valence-corrected chi connectivity index (χ3v) is 3.46. The zero-order valence-electron chi connectivity index (χ0n) is 9.54. The van der Waals surface area contributed by atoms with E-state index in [1.54, 1.807) is 0 Å². The largest absolute Gasteiger partial charge is 0.381 e. The Morgan fingerprint density at radius 2 is 1.67 bits per heavy atom. The van der Waals surface area contributed by atoms with Crippen molar-refractivity contribution in [2.24, 2.45) is 11.8 Å². The molecule has 0 amide bonds. The number of rotatable bonds is 4. The summed E-state index contributed by atoms with van der Waals surface area (Å²) >= 11 is 0. The van der Waals surface area contributed by atoms with Crippen molar-refractivity contribution in [3.8, 4) is 0 Å².